The highest BCUT2D eigenvalue weighted by atomic mass is 32.1. The predicted molar refractivity (Wildman–Crippen MR) is 98.6 cm³/mol. The average Bonchev–Trinajstić information content (AvgIpc) is 3.22. The zero-order valence-electron chi connectivity index (χ0n) is 14.6. The second-order valence-corrected chi connectivity index (χ2v) is 8.25. The molecule has 25 heavy (non-hydrogen) atoms. The molecule has 0 saturated carbocycles. The number of aromatic nitrogens is 2. The Morgan fingerprint density at radius 1 is 1.32 bits per heavy atom. The van der Waals surface area contributed by atoms with E-state index in [-0.39, 0.29) is 11.4 Å². The number of hydrogen-bond acceptors (Lipinski definition) is 5. The highest BCUT2D eigenvalue weighted by Crippen LogP contribution is 2.38. The van der Waals surface area contributed by atoms with Crippen molar-refractivity contribution in [1.29, 1.82) is 0 Å². The molecular weight excluding hydrogens is 332 g/mol. The molecule has 0 aromatic carbocycles. The maximum Gasteiger partial charge on any atom is 0.273 e. The quantitative estimate of drug-likeness (QED) is 0.848. The zero-order chi connectivity index (χ0) is 17.3. The molecule has 2 saturated heterocycles. The normalized spacial score (nSPS) is 24.1. The molecule has 132 valence electrons. The van der Waals surface area contributed by atoms with Crippen molar-refractivity contribution in [2.45, 2.75) is 44.7 Å². The summed E-state index contributed by atoms with van der Waals surface area (Å²) in [5, 5.41) is 2.84. The fourth-order valence-electron chi connectivity index (χ4n) is 4.32. The van der Waals surface area contributed by atoms with Crippen LogP contribution >= 0.6 is 11.3 Å². The van der Waals surface area contributed by atoms with Gasteiger partial charge >= 0.3 is 0 Å². The van der Waals surface area contributed by atoms with Crippen molar-refractivity contribution in [3.8, 4) is 0 Å². The Morgan fingerprint density at radius 3 is 2.88 bits per heavy atom. The summed E-state index contributed by atoms with van der Waals surface area (Å²) in [6.45, 7) is 5.64. The van der Waals surface area contributed by atoms with Gasteiger partial charge < -0.3 is 4.90 Å². The summed E-state index contributed by atoms with van der Waals surface area (Å²) in [6, 6.07) is 4.14. The lowest BCUT2D eigenvalue weighted by atomic mass is 9.86. The minimum atomic E-state index is 0.0941. The second-order valence-electron chi connectivity index (χ2n) is 7.19. The third-order valence-corrected chi connectivity index (χ3v) is 6.29. The number of piperidine rings is 1. The van der Waals surface area contributed by atoms with Crippen LogP contribution in [0.5, 0.6) is 0 Å². The topological polar surface area (TPSA) is 49.3 Å². The maximum absolute atomic E-state index is 12.9. The molecule has 2 aromatic heterocycles. The van der Waals surface area contributed by atoms with Crippen LogP contribution < -0.4 is 0 Å². The fourth-order valence-corrected chi connectivity index (χ4v) is 4.91. The van der Waals surface area contributed by atoms with Crippen LogP contribution in [0.4, 0.5) is 0 Å². The van der Waals surface area contributed by atoms with E-state index >= 15 is 0 Å². The van der Waals surface area contributed by atoms with Crippen molar-refractivity contribution in [3.63, 3.8) is 0 Å². The number of carbonyl (C=O) groups excluding carboxylic acids is 1. The molecule has 2 fully saturated rings. The van der Waals surface area contributed by atoms with Crippen molar-refractivity contribution in [1.82, 2.24) is 19.8 Å². The molecule has 1 atom stereocenters. The van der Waals surface area contributed by atoms with Gasteiger partial charge in [-0.3, -0.25) is 14.7 Å². The summed E-state index contributed by atoms with van der Waals surface area (Å²) >= 11 is 1.55. The number of nitrogens with zero attached hydrogens (tertiary/aromatic N) is 4. The van der Waals surface area contributed by atoms with E-state index in [4.69, 9.17) is 0 Å². The maximum atomic E-state index is 12.9. The van der Waals surface area contributed by atoms with Gasteiger partial charge in [0, 0.05) is 42.9 Å². The highest BCUT2D eigenvalue weighted by Gasteiger charge is 2.44. The minimum absolute atomic E-state index is 0.0941. The zero-order valence-corrected chi connectivity index (χ0v) is 15.5. The monoisotopic (exact) mass is 356 g/mol. The van der Waals surface area contributed by atoms with Gasteiger partial charge in [-0.25, -0.2) is 4.98 Å². The molecule has 2 aliphatic heterocycles. The second kappa shape index (κ2) is 6.84. The Labute approximate surface area is 152 Å². The van der Waals surface area contributed by atoms with E-state index in [0.29, 0.717) is 5.69 Å². The molecule has 1 amide bonds. The van der Waals surface area contributed by atoms with Crippen molar-refractivity contribution in [2.75, 3.05) is 19.6 Å². The van der Waals surface area contributed by atoms with Crippen LogP contribution in [0.1, 0.15) is 46.7 Å². The van der Waals surface area contributed by atoms with Gasteiger partial charge in [-0.1, -0.05) is 6.07 Å². The predicted octanol–water partition coefficient (Wildman–Crippen LogP) is 3.12. The molecule has 5 nitrogen and oxygen atoms in total. The van der Waals surface area contributed by atoms with Gasteiger partial charge in [0.05, 0.1) is 5.01 Å². The number of rotatable bonds is 3. The largest absolute Gasteiger partial charge is 0.335 e. The molecule has 0 bridgehead atoms. The van der Waals surface area contributed by atoms with E-state index in [1.807, 2.05) is 35.7 Å². The lowest BCUT2D eigenvalue weighted by Gasteiger charge is -2.46. The van der Waals surface area contributed by atoms with Crippen LogP contribution in [0.3, 0.4) is 0 Å². The fraction of sp³-hybridized carbons (Fsp3) is 0.526. The van der Waals surface area contributed by atoms with Crippen LogP contribution in [-0.2, 0) is 6.54 Å². The molecule has 2 aromatic rings. The molecule has 4 heterocycles. The first-order valence-electron chi connectivity index (χ1n) is 9.02. The number of pyridine rings is 1. The van der Waals surface area contributed by atoms with Gasteiger partial charge in [0.1, 0.15) is 5.69 Å². The van der Waals surface area contributed by atoms with E-state index in [9.17, 15) is 4.79 Å². The Hall–Kier alpha value is -1.79. The number of carbonyl (C=O) groups is 1. The Morgan fingerprint density at radius 2 is 2.16 bits per heavy atom. The molecule has 2 aliphatic rings. The number of aryl methyl sites for hydroxylation is 1. The lowest BCUT2D eigenvalue weighted by Crippen LogP contribution is -2.56. The summed E-state index contributed by atoms with van der Waals surface area (Å²) in [4.78, 5) is 26.1. The van der Waals surface area contributed by atoms with E-state index in [1.54, 1.807) is 11.3 Å². The summed E-state index contributed by atoms with van der Waals surface area (Å²) in [7, 11) is 0. The van der Waals surface area contributed by atoms with E-state index < -0.39 is 0 Å². The lowest BCUT2D eigenvalue weighted by molar-refractivity contribution is 0.0292. The standard InChI is InChI=1S/C19H24N4OS/c1-15-21-17(13-25-15)18(24)22-9-3-6-19(14-22)7-4-10-23(19)12-16-5-2-8-20-11-16/h2,5,8,11,13H,3-4,6-7,9-10,12,14H2,1H3. The van der Waals surface area contributed by atoms with Gasteiger partial charge in [-0.05, 0) is 50.8 Å². The highest BCUT2D eigenvalue weighted by molar-refractivity contribution is 7.09. The van der Waals surface area contributed by atoms with E-state index in [0.717, 1.165) is 37.6 Å². The summed E-state index contributed by atoms with van der Waals surface area (Å²) in [6.07, 6.45) is 8.40. The molecule has 6 heteroatoms. The Balaban J connectivity index is 1.51. The molecule has 0 N–H and O–H groups in total. The van der Waals surface area contributed by atoms with Crippen LogP contribution in [0, 0.1) is 6.92 Å². The van der Waals surface area contributed by atoms with Crippen molar-refractivity contribution >= 4 is 17.2 Å². The SMILES string of the molecule is Cc1nc(C(=O)N2CCCC3(CCCN3Cc3cccnc3)C2)cs1. The number of hydrogen-bond donors (Lipinski definition) is 0. The van der Waals surface area contributed by atoms with Crippen molar-refractivity contribution < 1.29 is 4.79 Å². The van der Waals surface area contributed by atoms with Gasteiger partial charge in [0.25, 0.3) is 5.91 Å². The van der Waals surface area contributed by atoms with Crippen LogP contribution in [-0.4, -0.2) is 50.8 Å². The summed E-state index contributed by atoms with van der Waals surface area (Å²) in [5.74, 6) is 0.0941. The molecular formula is C19H24N4OS. The smallest absolute Gasteiger partial charge is 0.273 e. The average molecular weight is 356 g/mol. The van der Waals surface area contributed by atoms with Crippen LogP contribution in [0.25, 0.3) is 0 Å². The summed E-state index contributed by atoms with van der Waals surface area (Å²) < 4.78 is 0. The minimum Gasteiger partial charge on any atom is -0.335 e. The Bertz CT molecular complexity index is 747. The van der Waals surface area contributed by atoms with Crippen LogP contribution in [0.15, 0.2) is 29.9 Å². The summed E-state index contributed by atoms with van der Waals surface area (Å²) in [5.41, 5.74) is 1.98. The first-order valence-corrected chi connectivity index (χ1v) is 9.90. The molecule has 0 radical (unpaired) electrons. The van der Waals surface area contributed by atoms with Gasteiger partial charge in [-0.2, -0.15) is 0 Å². The molecule has 1 spiro atoms. The first-order chi connectivity index (χ1) is 12.2. The Kier molecular flexibility index (Phi) is 4.56. The van der Waals surface area contributed by atoms with E-state index in [2.05, 4.69) is 20.9 Å². The third-order valence-electron chi connectivity index (χ3n) is 5.52. The van der Waals surface area contributed by atoms with E-state index in [1.165, 1.54) is 24.8 Å². The molecule has 0 aliphatic carbocycles. The third kappa shape index (κ3) is 3.33. The molecule has 4 rings (SSSR count). The van der Waals surface area contributed by atoms with Gasteiger partial charge in [0.2, 0.25) is 0 Å². The van der Waals surface area contributed by atoms with Gasteiger partial charge in [-0.15, -0.1) is 11.3 Å². The number of thiazole rings is 1. The van der Waals surface area contributed by atoms with Crippen molar-refractivity contribution in [2.24, 2.45) is 0 Å². The number of amides is 1. The van der Waals surface area contributed by atoms with Crippen molar-refractivity contribution in [3.05, 3.63) is 46.2 Å². The van der Waals surface area contributed by atoms with Crippen LogP contribution in [0.2, 0.25) is 0 Å². The first kappa shape index (κ1) is 16.7. The number of likely N-dealkylation sites (tertiary alicyclic amines) is 2. The van der Waals surface area contributed by atoms with Gasteiger partial charge in [0.15, 0.2) is 0 Å². The molecule has 1 unspecified atom stereocenters.